The van der Waals surface area contributed by atoms with E-state index in [-0.39, 0.29) is 24.0 Å². The van der Waals surface area contributed by atoms with Gasteiger partial charge >= 0.3 is 0 Å². The molecule has 0 aliphatic carbocycles. The molecule has 3 aromatic rings. The van der Waals surface area contributed by atoms with Crippen molar-refractivity contribution in [2.45, 2.75) is 38.4 Å². The number of guanidine groups is 1. The molecule has 0 saturated heterocycles. The number of aryl methyl sites for hydroxylation is 1. The maximum Gasteiger partial charge on any atom is 0.191 e. The van der Waals surface area contributed by atoms with Crippen LogP contribution >= 0.6 is 24.0 Å². The summed E-state index contributed by atoms with van der Waals surface area (Å²) in [6, 6.07) is 13.6. The Morgan fingerprint density at radius 1 is 1.09 bits per heavy atom. The van der Waals surface area contributed by atoms with Gasteiger partial charge in [-0.05, 0) is 42.2 Å². The molecule has 1 aromatic heterocycles. The summed E-state index contributed by atoms with van der Waals surface area (Å²) in [6.45, 7) is 6.31. The number of rotatable bonds is 8. The largest absolute Gasteiger partial charge is 0.357 e. The van der Waals surface area contributed by atoms with Crippen LogP contribution in [-0.4, -0.2) is 41.9 Å². The van der Waals surface area contributed by atoms with Gasteiger partial charge in [-0.25, -0.2) is 23.1 Å². The third-order valence-corrected chi connectivity index (χ3v) is 5.92. The summed E-state index contributed by atoms with van der Waals surface area (Å²) in [5, 5.41) is 10.7. The Balaban J connectivity index is 0.00000363. The van der Waals surface area contributed by atoms with Crippen LogP contribution in [0.3, 0.4) is 0 Å². The smallest absolute Gasteiger partial charge is 0.191 e. The Morgan fingerprint density at radius 3 is 2.53 bits per heavy atom. The fourth-order valence-electron chi connectivity index (χ4n) is 3.26. The molecule has 0 unspecified atom stereocenters. The maximum atomic E-state index is 11.8. The zero-order valence-electron chi connectivity index (χ0n) is 18.4. The van der Waals surface area contributed by atoms with E-state index in [0.717, 1.165) is 28.8 Å². The highest BCUT2D eigenvalue weighted by Crippen LogP contribution is 2.16. The zero-order valence-corrected chi connectivity index (χ0v) is 21.6. The van der Waals surface area contributed by atoms with Crippen LogP contribution in [-0.2, 0) is 29.5 Å². The number of aromatic nitrogens is 3. The lowest BCUT2D eigenvalue weighted by Gasteiger charge is -2.13. The molecule has 0 atom stereocenters. The van der Waals surface area contributed by atoms with Gasteiger partial charge in [-0.3, -0.25) is 0 Å². The molecule has 3 rings (SSSR count). The number of sulfone groups is 1. The van der Waals surface area contributed by atoms with Gasteiger partial charge in [0.25, 0.3) is 0 Å². The molecule has 0 radical (unpaired) electrons. The number of aliphatic imine (C=N–C) groups is 1. The van der Waals surface area contributed by atoms with Crippen molar-refractivity contribution in [2.24, 2.45) is 4.99 Å². The first kappa shape index (κ1) is 25.8. The van der Waals surface area contributed by atoms with Gasteiger partial charge in [0, 0.05) is 19.3 Å². The third-order valence-electron chi connectivity index (χ3n) is 4.67. The average molecular weight is 568 g/mol. The molecule has 10 heteroatoms. The van der Waals surface area contributed by atoms with E-state index in [1.165, 1.54) is 12.6 Å². The van der Waals surface area contributed by atoms with Crippen LogP contribution in [0.5, 0.6) is 0 Å². The van der Waals surface area contributed by atoms with Crippen molar-refractivity contribution in [2.75, 3.05) is 12.8 Å². The summed E-state index contributed by atoms with van der Waals surface area (Å²) >= 11 is 0. The highest BCUT2D eigenvalue weighted by Gasteiger charge is 2.11. The molecule has 0 spiro atoms. The van der Waals surface area contributed by atoms with E-state index in [9.17, 15) is 8.42 Å². The highest BCUT2D eigenvalue weighted by atomic mass is 127. The van der Waals surface area contributed by atoms with Crippen LogP contribution in [0.2, 0.25) is 0 Å². The average Bonchev–Trinajstić information content (AvgIpc) is 3.22. The second-order valence-corrected chi connectivity index (χ2v) is 9.32. The van der Waals surface area contributed by atoms with Crippen molar-refractivity contribution in [3.8, 4) is 0 Å². The topological polar surface area (TPSA) is 101 Å². The Morgan fingerprint density at radius 2 is 1.88 bits per heavy atom. The molecule has 0 aliphatic rings. The van der Waals surface area contributed by atoms with Gasteiger partial charge < -0.3 is 10.6 Å². The summed E-state index contributed by atoms with van der Waals surface area (Å²) in [7, 11) is -3.22. The quantitative estimate of drug-likeness (QED) is 0.246. The van der Waals surface area contributed by atoms with Crippen LogP contribution in [0.15, 0.2) is 65.0 Å². The van der Waals surface area contributed by atoms with E-state index in [1.54, 1.807) is 17.1 Å². The lowest BCUT2D eigenvalue weighted by molar-refractivity contribution is 0.601. The van der Waals surface area contributed by atoms with Crippen molar-refractivity contribution in [3.63, 3.8) is 0 Å². The van der Waals surface area contributed by atoms with Gasteiger partial charge in [0.05, 0.1) is 18.0 Å². The van der Waals surface area contributed by atoms with Crippen LogP contribution in [0, 0.1) is 6.92 Å². The second-order valence-electron chi connectivity index (χ2n) is 7.33. The summed E-state index contributed by atoms with van der Waals surface area (Å²) in [5.74, 6) is 0.703. The fraction of sp³-hybridized carbons (Fsp3) is 0.318. The maximum absolute atomic E-state index is 11.8. The summed E-state index contributed by atoms with van der Waals surface area (Å²) in [6.07, 6.45) is 4.45. The number of benzene rings is 2. The molecule has 0 saturated carbocycles. The summed E-state index contributed by atoms with van der Waals surface area (Å²) in [5.41, 5.74) is 3.97. The van der Waals surface area contributed by atoms with E-state index in [2.05, 4.69) is 37.8 Å². The molecule has 0 fully saturated rings. The van der Waals surface area contributed by atoms with E-state index in [0.29, 0.717) is 30.5 Å². The minimum absolute atomic E-state index is 0. The fourth-order valence-corrected chi connectivity index (χ4v) is 4.22. The Labute approximate surface area is 206 Å². The molecule has 32 heavy (non-hydrogen) atoms. The van der Waals surface area contributed by atoms with Crippen molar-refractivity contribution in [1.29, 1.82) is 0 Å². The lowest BCUT2D eigenvalue weighted by Crippen LogP contribution is -2.36. The molecule has 172 valence electrons. The van der Waals surface area contributed by atoms with Crippen LogP contribution in [0.1, 0.15) is 29.2 Å². The van der Waals surface area contributed by atoms with Crippen LogP contribution < -0.4 is 10.6 Å². The van der Waals surface area contributed by atoms with Crippen molar-refractivity contribution >= 4 is 39.8 Å². The number of halogens is 1. The molecule has 0 amide bonds. The molecule has 2 aromatic carbocycles. The zero-order chi connectivity index (χ0) is 22.3. The van der Waals surface area contributed by atoms with Gasteiger partial charge in [-0.2, -0.15) is 5.10 Å². The Bertz CT molecular complexity index is 1150. The molecule has 8 nitrogen and oxygen atoms in total. The minimum Gasteiger partial charge on any atom is -0.357 e. The first-order valence-corrected chi connectivity index (χ1v) is 12.0. The molecular weight excluding hydrogens is 539 g/mol. The first-order valence-electron chi connectivity index (χ1n) is 10.1. The number of nitrogens with zero attached hydrogens (tertiary/aromatic N) is 4. The van der Waals surface area contributed by atoms with Crippen molar-refractivity contribution in [3.05, 3.63) is 77.4 Å². The van der Waals surface area contributed by atoms with Crippen LogP contribution in [0.25, 0.3) is 0 Å². The Hall–Kier alpha value is -2.47. The first-order chi connectivity index (χ1) is 14.8. The van der Waals surface area contributed by atoms with Gasteiger partial charge in [0.2, 0.25) is 0 Å². The number of hydrogen-bond donors (Lipinski definition) is 2. The monoisotopic (exact) mass is 568 g/mol. The Kier molecular flexibility index (Phi) is 9.63. The molecule has 0 bridgehead atoms. The van der Waals surface area contributed by atoms with E-state index >= 15 is 0 Å². The number of hydrogen-bond acceptors (Lipinski definition) is 5. The molecular formula is C22H29IN6O2S. The number of nitrogens with one attached hydrogen (secondary N) is 2. The van der Waals surface area contributed by atoms with E-state index in [1.807, 2.05) is 38.1 Å². The van der Waals surface area contributed by atoms with Gasteiger partial charge in [0.1, 0.15) is 12.7 Å². The SMILES string of the molecule is CCNC(=NCc1cccc(Cn2cncn2)c1)NCc1ccc(S(C)(=O)=O)c(C)c1.I. The lowest BCUT2D eigenvalue weighted by atomic mass is 10.1. The normalized spacial score (nSPS) is 11.7. The minimum atomic E-state index is -3.22. The van der Waals surface area contributed by atoms with E-state index in [4.69, 9.17) is 0 Å². The molecule has 0 aliphatic heterocycles. The summed E-state index contributed by atoms with van der Waals surface area (Å²) in [4.78, 5) is 9.02. The molecule has 1 heterocycles. The van der Waals surface area contributed by atoms with Crippen LogP contribution in [0.4, 0.5) is 0 Å². The molecule has 2 N–H and O–H groups in total. The standard InChI is InChI=1S/C22H28N6O2S.HI/c1-4-24-22(26-13-19-8-9-21(17(2)10-19)31(3,29)30)25-12-18-6-5-7-20(11-18)14-28-16-23-15-27-28;/h5-11,15-16H,4,12-14H2,1-3H3,(H2,24,25,26);1H. The second kappa shape index (κ2) is 12.0. The van der Waals surface area contributed by atoms with Crippen molar-refractivity contribution < 1.29 is 8.42 Å². The van der Waals surface area contributed by atoms with Gasteiger partial charge in [-0.15, -0.1) is 24.0 Å². The summed E-state index contributed by atoms with van der Waals surface area (Å²) < 4.78 is 25.4. The predicted molar refractivity (Wildman–Crippen MR) is 137 cm³/mol. The third kappa shape index (κ3) is 7.59. The van der Waals surface area contributed by atoms with Crippen molar-refractivity contribution in [1.82, 2.24) is 25.4 Å². The predicted octanol–water partition coefficient (Wildman–Crippen LogP) is 2.91. The highest BCUT2D eigenvalue weighted by molar-refractivity contribution is 14.0. The van der Waals surface area contributed by atoms with E-state index < -0.39 is 9.84 Å². The van der Waals surface area contributed by atoms with Gasteiger partial charge in [0.15, 0.2) is 15.8 Å². The van der Waals surface area contributed by atoms with Gasteiger partial charge in [-0.1, -0.05) is 36.4 Å².